The van der Waals surface area contributed by atoms with Crippen LogP contribution in [0, 0.1) is 21.7 Å². The Kier molecular flexibility index (Phi) is 1.73. The second-order valence-electron chi connectivity index (χ2n) is 7.58. The van der Waals surface area contributed by atoms with E-state index in [4.69, 9.17) is 0 Å². The third-order valence-corrected chi connectivity index (χ3v) is 7.18. The highest BCUT2D eigenvalue weighted by Crippen LogP contribution is 2.79. The first-order chi connectivity index (χ1) is 7.29. The van der Waals surface area contributed by atoms with Crippen molar-refractivity contribution < 1.29 is 4.79 Å². The molecule has 0 aromatic carbocycles. The Morgan fingerprint density at radius 2 is 1.62 bits per heavy atom. The molecule has 3 atom stereocenters. The molecule has 3 saturated carbocycles. The Labute approximate surface area is 99.0 Å². The van der Waals surface area contributed by atoms with Gasteiger partial charge in [-0.1, -0.05) is 34.1 Å². The maximum Gasteiger partial charge on any atom is 0.139 e. The highest BCUT2D eigenvalue weighted by atomic mass is 16.1. The Morgan fingerprint density at radius 3 is 2.19 bits per heavy atom. The van der Waals surface area contributed by atoms with Gasteiger partial charge >= 0.3 is 0 Å². The molecule has 3 fully saturated rings. The van der Waals surface area contributed by atoms with Crippen molar-refractivity contribution in [3.63, 3.8) is 0 Å². The summed E-state index contributed by atoms with van der Waals surface area (Å²) in [6.45, 7) is 9.50. The van der Waals surface area contributed by atoms with Crippen molar-refractivity contribution in [1.82, 2.24) is 0 Å². The van der Waals surface area contributed by atoms with Crippen LogP contribution in [-0.2, 0) is 4.79 Å². The lowest BCUT2D eigenvalue weighted by atomic mass is 9.47. The molecule has 1 nitrogen and oxygen atoms in total. The Hall–Kier alpha value is -0.330. The molecule has 90 valence electrons. The van der Waals surface area contributed by atoms with E-state index in [-0.39, 0.29) is 5.41 Å². The van der Waals surface area contributed by atoms with Crippen LogP contribution < -0.4 is 0 Å². The lowest BCUT2D eigenvalue weighted by Crippen LogP contribution is -2.49. The second kappa shape index (κ2) is 2.57. The topological polar surface area (TPSA) is 17.1 Å². The average molecular weight is 220 g/mol. The SMILES string of the molecule is CC1(C)CCC[C@@]2(C)[C@@]13CC[C@@]2(C)C(=O)C3. The first-order valence-corrected chi connectivity index (χ1v) is 6.83. The summed E-state index contributed by atoms with van der Waals surface area (Å²) in [4.78, 5) is 12.4. The van der Waals surface area contributed by atoms with E-state index in [1.807, 2.05) is 0 Å². The minimum Gasteiger partial charge on any atom is -0.299 e. The van der Waals surface area contributed by atoms with Gasteiger partial charge in [0, 0.05) is 11.8 Å². The average Bonchev–Trinajstić information content (AvgIpc) is 2.50. The van der Waals surface area contributed by atoms with E-state index in [0.717, 1.165) is 12.8 Å². The molecule has 0 heterocycles. The van der Waals surface area contributed by atoms with Crippen molar-refractivity contribution in [3.8, 4) is 0 Å². The van der Waals surface area contributed by atoms with Gasteiger partial charge in [-0.2, -0.15) is 0 Å². The van der Waals surface area contributed by atoms with E-state index in [2.05, 4.69) is 27.7 Å². The van der Waals surface area contributed by atoms with Crippen LogP contribution in [-0.4, -0.2) is 5.78 Å². The molecule has 0 radical (unpaired) electrons. The fourth-order valence-electron chi connectivity index (χ4n) is 5.71. The molecule has 0 amide bonds. The largest absolute Gasteiger partial charge is 0.299 e. The van der Waals surface area contributed by atoms with Crippen molar-refractivity contribution in [2.24, 2.45) is 21.7 Å². The number of hydrogen-bond acceptors (Lipinski definition) is 1. The number of rotatable bonds is 0. The summed E-state index contributed by atoms with van der Waals surface area (Å²) < 4.78 is 0. The molecule has 1 heteroatoms. The van der Waals surface area contributed by atoms with Crippen molar-refractivity contribution in [1.29, 1.82) is 0 Å². The van der Waals surface area contributed by atoms with Gasteiger partial charge in [-0.25, -0.2) is 0 Å². The van der Waals surface area contributed by atoms with E-state index >= 15 is 0 Å². The maximum absolute atomic E-state index is 12.4. The molecule has 0 unspecified atom stereocenters. The number of carbonyl (C=O) groups excluding carboxylic acids is 1. The smallest absolute Gasteiger partial charge is 0.139 e. The van der Waals surface area contributed by atoms with Crippen LogP contribution in [0.25, 0.3) is 0 Å². The van der Waals surface area contributed by atoms with Crippen molar-refractivity contribution in [2.75, 3.05) is 0 Å². The fourth-order valence-corrected chi connectivity index (χ4v) is 5.71. The lowest BCUT2D eigenvalue weighted by Gasteiger charge is -2.56. The molecule has 0 aliphatic heterocycles. The maximum atomic E-state index is 12.4. The molecule has 3 aliphatic rings. The summed E-state index contributed by atoms with van der Waals surface area (Å²) in [6.07, 6.45) is 7.20. The summed E-state index contributed by atoms with van der Waals surface area (Å²) in [5, 5.41) is 0. The normalized spacial score (nSPS) is 54.1. The Bertz CT molecular complexity index is 370. The molecular formula is C15H24O. The predicted molar refractivity (Wildman–Crippen MR) is 65.1 cm³/mol. The molecule has 16 heavy (non-hydrogen) atoms. The molecule has 0 N–H and O–H groups in total. The van der Waals surface area contributed by atoms with Crippen LogP contribution >= 0.6 is 0 Å². The summed E-state index contributed by atoms with van der Waals surface area (Å²) in [6, 6.07) is 0. The van der Waals surface area contributed by atoms with Gasteiger partial charge < -0.3 is 0 Å². The van der Waals surface area contributed by atoms with Gasteiger partial charge in [0.25, 0.3) is 0 Å². The lowest BCUT2D eigenvalue weighted by molar-refractivity contribution is -0.128. The van der Waals surface area contributed by atoms with Crippen LogP contribution in [0.1, 0.15) is 66.2 Å². The first kappa shape index (κ1) is 10.8. The van der Waals surface area contributed by atoms with Crippen LogP contribution in [0.4, 0.5) is 0 Å². The molecule has 0 aromatic rings. The van der Waals surface area contributed by atoms with Crippen LogP contribution in [0.2, 0.25) is 0 Å². The van der Waals surface area contributed by atoms with Gasteiger partial charge in [0.15, 0.2) is 0 Å². The summed E-state index contributed by atoms with van der Waals surface area (Å²) in [7, 11) is 0. The highest BCUT2D eigenvalue weighted by Gasteiger charge is 2.75. The van der Waals surface area contributed by atoms with E-state index in [0.29, 0.717) is 22.0 Å². The van der Waals surface area contributed by atoms with Gasteiger partial charge in [-0.3, -0.25) is 4.79 Å². The molecule has 0 spiro atoms. The first-order valence-electron chi connectivity index (χ1n) is 6.83. The zero-order valence-corrected chi connectivity index (χ0v) is 11.2. The Balaban J connectivity index is 2.22. The molecule has 3 rings (SSSR count). The van der Waals surface area contributed by atoms with E-state index in [1.54, 1.807) is 0 Å². The molecular weight excluding hydrogens is 196 g/mol. The molecule has 0 aromatic heterocycles. The fraction of sp³-hybridized carbons (Fsp3) is 0.933. The van der Waals surface area contributed by atoms with Gasteiger partial charge in [0.05, 0.1) is 0 Å². The summed E-state index contributed by atoms with van der Waals surface area (Å²) >= 11 is 0. The van der Waals surface area contributed by atoms with Crippen LogP contribution in [0.3, 0.4) is 0 Å². The van der Waals surface area contributed by atoms with E-state index in [1.165, 1.54) is 25.7 Å². The highest BCUT2D eigenvalue weighted by molar-refractivity contribution is 5.90. The van der Waals surface area contributed by atoms with Crippen molar-refractivity contribution >= 4 is 5.78 Å². The monoisotopic (exact) mass is 220 g/mol. The van der Waals surface area contributed by atoms with Gasteiger partial charge in [0.2, 0.25) is 0 Å². The third-order valence-electron chi connectivity index (χ3n) is 7.18. The summed E-state index contributed by atoms with van der Waals surface area (Å²) in [5.41, 5.74) is 0.984. The molecule has 3 aliphatic carbocycles. The van der Waals surface area contributed by atoms with Gasteiger partial charge in [0.1, 0.15) is 5.78 Å². The number of ketones is 1. The number of Topliss-reactive ketones (excluding diaryl/α,β-unsaturated/α-hetero) is 1. The molecule has 0 saturated heterocycles. The van der Waals surface area contributed by atoms with Crippen LogP contribution in [0.15, 0.2) is 0 Å². The molecule has 2 bridgehead atoms. The minimum absolute atomic E-state index is 0.00465. The van der Waals surface area contributed by atoms with Crippen LogP contribution in [0.5, 0.6) is 0 Å². The van der Waals surface area contributed by atoms with E-state index in [9.17, 15) is 4.79 Å². The van der Waals surface area contributed by atoms with Crippen molar-refractivity contribution in [2.45, 2.75) is 66.2 Å². The van der Waals surface area contributed by atoms with Gasteiger partial charge in [-0.05, 0) is 41.9 Å². The number of carbonyl (C=O) groups is 1. The second-order valence-corrected chi connectivity index (χ2v) is 7.58. The minimum atomic E-state index is 0.00465. The third kappa shape index (κ3) is 0.791. The summed E-state index contributed by atoms with van der Waals surface area (Å²) in [5.74, 6) is 0.566. The van der Waals surface area contributed by atoms with E-state index < -0.39 is 0 Å². The predicted octanol–water partition coefficient (Wildman–Crippen LogP) is 3.96. The standard InChI is InChI=1S/C15H24O/c1-12(2)6-5-7-14(4)13(3)8-9-15(12,14)10-11(13)16/h5-10H2,1-4H3/t13-,14+,15+/m0/s1. The van der Waals surface area contributed by atoms with Crippen molar-refractivity contribution in [3.05, 3.63) is 0 Å². The van der Waals surface area contributed by atoms with Gasteiger partial charge in [-0.15, -0.1) is 0 Å². The zero-order valence-electron chi connectivity index (χ0n) is 11.2. The zero-order chi connectivity index (χ0) is 11.8. The quantitative estimate of drug-likeness (QED) is 0.604. The number of hydrogen-bond donors (Lipinski definition) is 0. The Morgan fingerprint density at radius 1 is 0.938 bits per heavy atom.